The van der Waals surface area contributed by atoms with Crippen molar-refractivity contribution in [3.8, 4) is 0 Å². The maximum absolute atomic E-state index is 13.2. The van der Waals surface area contributed by atoms with Crippen molar-refractivity contribution in [2.24, 2.45) is 23.7 Å². The molecule has 8 heteroatoms. The highest BCUT2D eigenvalue weighted by Gasteiger charge is 2.50. The molecule has 0 saturated heterocycles. The van der Waals surface area contributed by atoms with E-state index in [0.717, 1.165) is 25.7 Å². The van der Waals surface area contributed by atoms with E-state index in [1.807, 2.05) is 0 Å². The van der Waals surface area contributed by atoms with Crippen LogP contribution in [0.1, 0.15) is 258 Å². The Balaban J connectivity index is 2.21. The number of hydrogen-bond donors (Lipinski definition) is 2. The number of carbonyl (C=O) groups excluding carboxylic acids is 2. The minimum absolute atomic E-state index is 0.218. The summed E-state index contributed by atoms with van der Waals surface area (Å²) in [7, 11) is 0. The predicted octanol–water partition coefficient (Wildman–Crippen LogP) is 14.6. The van der Waals surface area contributed by atoms with Gasteiger partial charge in [-0.3, -0.25) is 19.2 Å². The highest BCUT2D eigenvalue weighted by Crippen LogP contribution is 2.40. The van der Waals surface area contributed by atoms with E-state index in [0.29, 0.717) is 12.8 Å². The molecule has 0 aromatic rings. The zero-order valence-electron chi connectivity index (χ0n) is 37.9. The van der Waals surface area contributed by atoms with Crippen molar-refractivity contribution in [1.82, 2.24) is 0 Å². The van der Waals surface area contributed by atoms with Gasteiger partial charge >= 0.3 is 23.9 Å². The molecule has 2 N–H and O–H groups in total. The summed E-state index contributed by atoms with van der Waals surface area (Å²) >= 11 is 0. The smallest absolute Gasteiger partial charge is 0.309 e. The van der Waals surface area contributed by atoms with Gasteiger partial charge in [-0.15, -0.1) is 0 Å². The summed E-state index contributed by atoms with van der Waals surface area (Å²) in [6, 6.07) is 0. The molecule has 1 aliphatic rings. The van der Waals surface area contributed by atoms with E-state index in [-0.39, 0.29) is 26.1 Å². The van der Waals surface area contributed by atoms with Crippen LogP contribution >= 0.6 is 0 Å². The van der Waals surface area contributed by atoms with Crippen molar-refractivity contribution in [2.75, 3.05) is 13.2 Å². The first-order chi connectivity index (χ1) is 28.3. The van der Waals surface area contributed by atoms with Gasteiger partial charge in [0.05, 0.1) is 36.9 Å². The lowest BCUT2D eigenvalue weighted by atomic mass is 9.68. The second-order valence-electron chi connectivity index (χ2n) is 17.9. The van der Waals surface area contributed by atoms with E-state index in [1.54, 1.807) is 0 Å². The van der Waals surface area contributed by atoms with Crippen LogP contribution in [0.5, 0.6) is 0 Å². The lowest BCUT2D eigenvalue weighted by molar-refractivity contribution is -0.172. The van der Waals surface area contributed by atoms with Crippen LogP contribution in [-0.4, -0.2) is 47.3 Å². The summed E-state index contributed by atoms with van der Waals surface area (Å²) in [4.78, 5) is 50.4. The highest BCUT2D eigenvalue weighted by molar-refractivity contribution is 5.86. The van der Waals surface area contributed by atoms with Gasteiger partial charge in [-0.2, -0.15) is 0 Å². The third-order valence-corrected chi connectivity index (χ3v) is 12.7. The van der Waals surface area contributed by atoms with Gasteiger partial charge in [0.15, 0.2) is 0 Å². The van der Waals surface area contributed by atoms with Crippen LogP contribution in [0.2, 0.25) is 0 Å². The molecule has 0 aromatic carbocycles. The zero-order chi connectivity index (χ0) is 42.3. The van der Waals surface area contributed by atoms with Crippen molar-refractivity contribution in [3.63, 3.8) is 0 Å². The molecule has 0 aliphatic heterocycles. The summed E-state index contributed by atoms with van der Waals surface area (Å²) in [5.74, 6) is -8.29. The first-order valence-electron chi connectivity index (χ1n) is 25.1. The average Bonchev–Trinajstić information content (AvgIpc) is 3.21. The van der Waals surface area contributed by atoms with Gasteiger partial charge in [0.25, 0.3) is 0 Å². The maximum Gasteiger partial charge on any atom is 0.309 e. The lowest BCUT2D eigenvalue weighted by Gasteiger charge is -2.35. The fourth-order valence-electron chi connectivity index (χ4n) is 8.84. The molecule has 4 atom stereocenters. The monoisotopic (exact) mass is 821 g/mol. The SMILES string of the molecule is CCCCCCCCCCCCCCCCCCCCOC(=O)C1CC(C(=O)O)C(C(=O)O)CC1C(=O)OCCCCCCCCCCCCCCCCCCCC. The molecule has 0 radical (unpaired) electrons. The largest absolute Gasteiger partial charge is 0.481 e. The van der Waals surface area contributed by atoms with Crippen molar-refractivity contribution >= 4 is 23.9 Å². The number of hydrogen-bond acceptors (Lipinski definition) is 6. The average molecular weight is 821 g/mol. The van der Waals surface area contributed by atoms with Crippen molar-refractivity contribution in [1.29, 1.82) is 0 Å². The molecule has 0 aromatic heterocycles. The van der Waals surface area contributed by atoms with Gasteiger partial charge in [-0.05, 0) is 25.7 Å². The van der Waals surface area contributed by atoms with Gasteiger partial charge in [-0.25, -0.2) is 0 Å². The van der Waals surface area contributed by atoms with Crippen LogP contribution in [-0.2, 0) is 28.7 Å². The van der Waals surface area contributed by atoms with Gasteiger partial charge in [0.2, 0.25) is 0 Å². The third kappa shape index (κ3) is 29.2. The predicted molar refractivity (Wildman–Crippen MR) is 238 cm³/mol. The summed E-state index contributed by atoms with van der Waals surface area (Å²) in [6.45, 7) is 4.97. The van der Waals surface area contributed by atoms with E-state index in [4.69, 9.17) is 9.47 Å². The molecule has 0 amide bonds. The Morgan fingerprint density at radius 1 is 0.328 bits per heavy atom. The Bertz CT molecular complexity index is 920. The molecule has 4 unspecified atom stereocenters. The fraction of sp³-hybridized carbons (Fsp3) is 0.920. The quantitative estimate of drug-likeness (QED) is 0.0460. The second-order valence-corrected chi connectivity index (χ2v) is 17.9. The van der Waals surface area contributed by atoms with Crippen LogP contribution in [0, 0.1) is 23.7 Å². The van der Waals surface area contributed by atoms with E-state index >= 15 is 0 Å². The van der Waals surface area contributed by atoms with E-state index in [1.165, 1.54) is 193 Å². The highest BCUT2D eigenvalue weighted by atomic mass is 16.5. The van der Waals surface area contributed by atoms with Gasteiger partial charge < -0.3 is 19.7 Å². The number of unbranched alkanes of at least 4 members (excludes halogenated alkanes) is 34. The maximum atomic E-state index is 13.2. The minimum Gasteiger partial charge on any atom is -0.481 e. The Morgan fingerprint density at radius 3 is 0.707 bits per heavy atom. The molecular formula is C50H92O8. The topological polar surface area (TPSA) is 127 Å². The molecule has 8 nitrogen and oxygen atoms in total. The molecular weight excluding hydrogens is 729 g/mol. The van der Waals surface area contributed by atoms with Crippen molar-refractivity contribution in [3.05, 3.63) is 0 Å². The Hall–Kier alpha value is -2.12. The summed E-state index contributed by atoms with van der Waals surface area (Å²) in [5, 5.41) is 19.5. The number of esters is 2. The van der Waals surface area contributed by atoms with E-state index < -0.39 is 47.5 Å². The Labute approximate surface area is 356 Å². The number of ether oxygens (including phenoxy) is 2. The van der Waals surface area contributed by atoms with Gasteiger partial charge in [-0.1, -0.05) is 232 Å². The number of carboxylic acids is 2. The van der Waals surface area contributed by atoms with Gasteiger partial charge in [0.1, 0.15) is 0 Å². The molecule has 0 bridgehead atoms. The fourth-order valence-corrected chi connectivity index (χ4v) is 8.84. The first-order valence-corrected chi connectivity index (χ1v) is 25.1. The summed E-state index contributed by atoms with van der Waals surface area (Å²) in [5.41, 5.74) is 0. The molecule has 1 saturated carbocycles. The zero-order valence-corrected chi connectivity index (χ0v) is 37.9. The van der Waals surface area contributed by atoms with Crippen LogP contribution in [0.25, 0.3) is 0 Å². The van der Waals surface area contributed by atoms with Crippen LogP contribution in [0.3, 0.4) is 0 Å². The molecule has 1 aliphatic carbocycles. The summed E-state index contributed by atoms with van der Waals surface area (Å²) < 4.78 is 11.1. The molecule has 1 rings (SSSR count). The van der Waals surface area contributed by atoms with Crippen LogP contribution in [0.15, 0.2) is 0 Å². The minimum atomic E-state index is -1.26. The third-order valence-electron chi connectivity index (χ3n) is 12.7. The van der Waals surface area contributed by atoms with Gasteiger partial charge in [0, 0.05) is 0 Å². The van der Waals surface area contributed by atoms with E-state index in [9.17, 15) is 29.4 Å². The first kappa shape index (κ1) is 53.9. The Morgan fingerprint density at radius 2 is 0.517 bits per heavy atom. The molecule has 340 valence electrons. The van der Waals surface area contributed by atoms with Crippen LogP contribution < -0.4 is 0 Å². The number of carboxylic acid groups (broad SMARTS) is 2. The van der Waals surface area contributed by atoms with Crippen LogP contribution in [0.4, 0.5) is 0 Å². The lowest BCUT2D eigenvalue weighted by Crippen LogP contribution is -2.46. The van der Waals surface area contributed by atoms with Crippen molar-refractivity contribution < 1.29 is 38.9 Å². The number of rotatable bonds is 42. The molecule has 58 heavy (non-hydrogen) atoms. The standard InChI is InChI=1S/C50H92O8/c1-3-5-7-9-11-13-15-17-19-21-23-25-27-29-31-33-35-37-39-57-49(55)45-41-43(47(51)52)44(48(53)54)42-46(45)50(56)58-40-38-36-34-32-30-28-26-24-22-20-18-16-14-12-10-8-6-4-2/h43-46H,3-42H2,1-2H3,(H,51,52)(H,53,54). The molecule has 0 spiro atoms. The Kier molecular flexibility index (Phi) is 36.3. The van der Waals surface area contributed by atoms with E-state index in [2.05, 4.69) is 13.8 Å². The number of aliphatic carboxylic acids is 2. The summed E-state index contributed by atoms with van der Waals surface area (Å²) in [6.07, 6.45) is 45.2. The molecule has 1 fully saturated rings. The molecule has 0 heterocycles. The van der Waals surface area contributed by atoms with Crippen molar-refractivity contribution in [2.45, 2.75) is 258 Å². The normalized spacial score (nSPS) is 18.0. The second kappa shape index (κ2) is 39.0. The number of carbonyl (C=O) groups is 4.